The number of ether oxygens (including phenoxy) is 1. The fourth-order valence-electron chi connectivity index (χ4n) is 3.08. The van der Waals surface area contributed by atoms with Crippen LogP contribution in [0.2, 0.25) is 0 Å². The fraction of sp³-hybridized carbons (Fsp3) is 0.182. The van der Waals surface area contributed by atoms with E-state index in [0.717, 1.165) is 23.6 Å². The second kappa shape index (κ2) is 10.2. The van der Waals surface area contributed by atoms with Gasteiger partial charge in [0.15, 0.2) is 16.1 Å². The standard InChI is InChI=1S/C22H21N5O2S2/c1-29-18-10-6-5-9-17(18)20-25-26-22(27(20)13-11-16-7-3-2-4-8-16)31-15-19(28)24-21-23-12-14-30-21/h2-10,12,14H,11,13,15H2,1H3,(H,23,24,28). The highest BCUT2D eigenvalue weighted by molar-refractivity contribution is 7.99. The van der Waals surface area contributed by atoms with Crippen molar-refractivity contribution in [3.8, 4) is 17.1 Å². The van der Waals surface area contributed by atoms with Crippen LogP contribution in [0, 0.1) is 0 Å². The van der Waals surface area contributed by atoms with E-state index in [1.54, 1.807) is 13.3 Å². The first-order chi connectivity index (χ1) is 15.2. The molecular formula is C22H21N5O2S2. The van der Waals surface area contributed by atoms with E-state index in [1.165, 1.54) is 28.7 Å². The van der Waals surface area contributed by atoms with Gasteiger partial charge in [0.1, 0.15) is 5.75 Å². The molecule has 0 atom stereocenters. The molecule has 0 aliphatic carbocycles. The number of carbonyl (C=O) groups excluding carboxylic acids is 1. The number of thioether (sulfide) groups is 1. The van der Waals surface area contributed by atoms with Crippen LogP contribution in [0.3, 0.4) is 0 Å². The number of nitrogens with zero attached hydrogens (tertiary/aromatic N) is 4. The Labute approximate surface area is 188 Å². The van der Waals surface area contributed by atoms with E-state index in [4.69, 9.17) is 4.74 Å². The fourth-order valence-corrected chi connectivity index (χ4v) is 4.39. The monoisotopic (exact) mass is 451 g/mol. The lowest BCUT2D eigenvalue weighted by Gasteiger charge is -2.12. The molecule has 1 N–H and O–H groups in total. The molecule has 0 aliphatic rings. The van der Waals surface area contributed by atoms with Crippen LogP contribution in [0.25, 0.3) is 11.4 Å². The number of hydrogen-bond acceptors (Lipinski definition) is 7. The van der Waals surface area contributed by atoms with Crippen molar-refractivity contribution in [2.45, 2.75) is 18.1 Å². The van der Waals surface area contributed by atoms with Crippen molar-refractivity contribution >= 4 is 34.1 Å². The Morgan fingerprint density at radius 3 is 2.71 bits per heavy atom. The molecule has 0 fully saturated rings. The molecule has 0 bridgehead atoms. The lowest BCUT2D eigenvalue weighted by atomic mass is 10.1. The van der Waals surface area contributed by atoms with Crippen LogP contribution < -0.4 is 10.1 Å². The summed E-state index contributed by atoms with van der Waals surface area (Å²) < 4.78 is 7.57. The molecule has 31 heavy (non-hydrogen) atoms. The zero-order valence-corrected chi connectivity index (χ0v) is 18.5. The van der Waals surface area contributed by atoms with E-state index in [2.05, 4.69) is 32.6 Å². The van der Waals surface area contributed by atoms with Gasteiger partial charge in [-0.25, -0.2) is 4.98 Å². The molecule has 2 heterocycles. The van der Waals surface area contributed by atoms with Crippen LogP contribution in [0.1, 0.15) is 5.56 Å². The molecule has 7 nitrogen and oxygen atoms in total. The zero-order valence-electron chi connectivity index (χ0n) is 16.9. The number of nitrogens with one attached hydrogen (secondary N) is 1. The summed E-state index contributed by atoms with van der Waals surface area (Å²) in [5, 5.41) is 14.7. The van der Waals surface area contributed by atoms with Gasteiger partial charge >= 0.3 is 0 Å². The maximum atomic E-state index is 12.3. The summed E-state index contributed by atoms with van der Waals surface area (Å²) >= 11 is 2.74. The lowest BCUT2D eigenvalue weighted by molar-refractivity contribution is -0.113. The van der Waals surface area contributed by atoms with E-state index < -0.39 is 0 Å². The SMILES string of the molecule is COc1ccccc1-c1nnc(SCC(=O)Nc2nccs2)n1CCc1ccccc1. The largest absolute Gasteiger partial charge is 0.496 e. The summed E-state index contributed by atoms with van der Waals surface area (Å²) in [6, 6.07) is 18.0. The average molecular weight is 452 g/mol. The number of thiazole rings is 1. The minimum Gasteiger partial charge on any atom is -0.496 e. The van der Waals surface area contributed by atoms with Crippen molar-refractivity contribution in [1.29, 1.82) is 0 Å². The molecular weight excluding hydrogens is 430 g/mol. The van der Waals surface area contributed by atoms with E-state index in [9.17, 15) is 4.79 Å². The van der Waals surface area contributed by atoms with Gasteiger partial charge in [-0.05, 0) is 24.1 Å². The third-order valence-corrected chi connectivity index (χ3v) is 6.20. The first kappa shape index (κ1) is 21.1. The molecule has 2 aromatic heterocycles. The van der Waals surface area contributed by atoms with Gasteiger partial charge in [0, 0.05) is 18.1 Å². The minimum atomic E-state index is -0.128. The van der Waals surface area contributed by atoms with Crippen molar-refractivity contribution in [1.82, 2.24) is 19.7 Å². The Hall–Kier alpha value is -3.17. The number of anilines is 1. The summed E-state index contributed by atoms with van der Waals surface area (Å²) in [4.78, 5) is 16.4. The summed E-state index contributed by atoms with van der Waals surface area (Å²) in [7, 11) is 1.64. The number of hydrogen-bond donors (Lipinski definition) is 1. The number of amides is 1. The van der Waals surface area contributed by atoms with E-state index in [1.807, 2.05) is 52.4 Å². The smallest absolute Gasteiger partial charge is 0.236 e. The quantitative estimate of drug-likeness (QED) is 0.380. The van der Waals surface area contributed by atoms with Gasteiger partial charge in [-0.3, -0.25) is 4.79 Å². The molecule has 0 unspecified atom stereocenters. The average Bonchev–Trinajstić information content (AvgIpc) is 3.46. The number of benzene rings is 2. The second-order valence-electron chi connectivity index (χ2n) is 6.57. The third-order valence-electron chi connectivity index (χ3n) is 4.54. The zero-order chi connectivity index (χ0) is 21.5. The first-order valence-corrected chi connectivity index (χ1v) is 11.5. The number of carbonyl (C=O) groups is 1. The molecule has 158 valence electrons. The molecule has 4 rings (SSSR count). The maximum absolute atomic E-state index is 12.3. The molecule has 0 aliphatic heterocycles. The van der Waals surface area contributed by atoms with Crippen LogP contribution in [0.5, 0.6) is 5.75 Å². The Morgan fingerprint density at radius 2 is 1.94 bits per heavy atom. The van der Waals surface area contributed by atoms with Crippen molar-refractivity contribution in [3.63, 3.8) is 0 Å². The summed E-state index contributed by atoms with van der Waals surface area (Å²) in [5.41, 5.74) is 2.09. The van der Waals surface area contributed by atoms with Gasteiger partial charge < -0.3 is 14.6 Å². The molecule has 1 amide bonds. The van der Waals surface area contributed by atoms with Gasteiger partial charge in [-0.15, -0.1) is 21.5 Å². The van der Waals surface area contributed by atoms with Crippen molar-refractivity contribution < 1.29 is 9.53 Å². The number of methoxy groups -OCH3 is 1. The van der Waals surface area contributed by atoms with Crippen molar-refractivity contribution in [2.75, 3.05) is 18.2 Å². The summed E-state index contributed by atoms with van der Waals surface area (Å²) in [6.07, 6.45) is 2.48. The molecule has 2 aromatic carbocycles. The van der Waals surface area contributed by atoms with E-state index in [0.29, 0.717) is 16.8 Å². The molecule has 0 radical (unpaired) electrons. The molecule has 0 saturated carbocycles. The van der Waals surface area contributed by atoms with Gasteiger partial charge in [-0.1, -0.05) is 54.2 Å². The lowest BCUT2D eigenvalue weighted by Crippen LogP contribution is -2.14. The highest BCUT2D eigenvalue weighted by Gasteiger charge is 2.18. The highest BCUT2D eigenvalue weighted by Crippen LogP contribution is 2.31. The maximum Gasteiger partial charge on any atom is 0.236 e. The van der Waals surface area contributed by atoms with Crippen LogP contribution in [0.15, 0.2) is 71.3 Å². The van der Waals surface area contributed by atoms with Gasteiger partial charge in [0.2, 0.25) is 5.91 Å². The van der Waals surface area contributed by atoms with Crippen molar-refractivity contribution in [3.05, 3.63) is 71.7 Å². The Kier molecular flexibility index (Phi) is 6.96. The van der Waals surface area contributed by atoms with E-state index >= 15 is 0 Å². The predicted molar refractivity (Wildman–Crippen MR) is 124 cm³/mol. The molecule has 0 saturated heterocycles. The Balaban J connectivity index is 1.56. The molecule has 4 aromatic rings. The van der Waals surface area contributed by atoms with Crippen LogP contribution in [-0.4, -0.2) is 38.5 Å². The third kappa shape index (κ3) is 5.31. The number of rotatable bonds is 9. The van der Waals surface area contributed by atoms with E-state index in [-0.39, 0.29) is 11.7 Å². The number of aromatic nitrogens is 4. The summed E-state index contributed by atoms with van der Waals surface area (Å²) in [5.74, 6) is 1.54. The van der Waals surface area contributed by atoms with Gasteiger partial charge in [0.25, 0.3) is 0 Å². The predicted octanol–water partition coefficient (Wildman–Crippen LogP) is 4.38. The first-order valence-electron chi connectivity index (χ1n) is 9.67. The van der Waals surface area contributed by atoms with Crippen molar-refractivity contribution in [2.24, 2.45) is 0 Å². The van der Waals surface area contributed by atoms with Gasteiger partial charge in [-0.2, -0.15) is 0 Å². The highest BCUT2D eigenvalue weighted by atomic mass is 32.2. The summed E-state index contributed by atoms with van der Waals surface area (Å²) in [6.45, 7) is 0.681. The van der Waals surface area contributed by atoms with Crippen LogP contribution >= 0.6 is 23.1 Å². The Morgan fingerprint density at radius 1 is 1.13 bits per heavy atom. The van der Waals surface area contributed by atoms with Crippen LogP contribution in [-0.2, 0) is 17.8 Å². The van der Waals surface area contributed by atoms with Crippen LogP contribution in [0.4, 0.5) is 5.13 Å². The Bertz CT molecular complexity index is 1130. The normalized spacial score (nSPS) is 10.7. The molecule has 0 spiro atoms. The topological polar surface area (TPSA) is 81.9 Å². The number of para-hydroxylation sites is 1. The molecule has 9 heteroatoms. The van der Waals surface area contributed by atoms with Gasteiger partial charge in [0.05, 0.1) is 18.4 Å². The second-order valence-corrected chi connectivity index (χ2v) is 8.40. The minimum absolute atomic E-state index is 0.128. The number of aryl methyl sites for hydroxylation is 1.